The van der Waals surface area contributed by atoms with Gasteiger partial charge in [0.1, 0.15) is 11.6 Å². The molecule has 144 valence electrons. The molecule has 0 N–H and O–H groups in total. The van der Waals surface area contributed by atoms with Crippen LogP contribution in [-0.4, -0.2) is 62.8 Å². The summed E-state index contributed by atoms with van der Waals surface area (Å²) < 4.78 is 10.6. The minimum Gasteiger partial charge on any atom is -0.451 e. The van der Waals surface area contributed by atoms with Crippen LogP contribution >= 0.6 is 0 Å². The molecule has 0 spiro atoms. The summed E-state index contributed by atoms with van der Waals surface area (Å²) in [6, 6.07) is 9.22. The highest BCUT2D eigenvalue weighted by molar-refractivity contribution is 5.98. The molecule has 2 rings (SSSR count). The summed E-state index contributed by atoms with van der Waals surface area (Å²) in [6.45, 7) is 4.30. The van der Waals surface area contributed by atoms with Gasteiger partial charge in [0.05, 0.1) is 12.2 Å². The zero-order valence-electron chi connectivity index (χ0n) is 16.1. The maximum atomic E-state index is 12.3. The van der Waals surface area contributed by atoms with Gasteiger partial charge in [-0.05, 0) is 37.6 Å². The normalized spacial score (nSPS) is 20.0. The maximum Gasteiger partial charge on any atom is 0.349 e. The van der Waals surface area contributed by atoms with E-state index in [0.29, 0.717) is 18.7 Å². The van der Waals surface area contributed by atoms with Crippen LogP contribution in [0.2, 0.25) is 0 Å². The van der Waals surface area contributed by atoms with Gasteiger partial charge in [-0.3, -0.25) is 4.79 Å². The number of carbonyl (C=O) groups is 2. The van der Waals surface area contributed by atoms with Gasteiger partial charge in [-0.2, -0.15) is 5.26 Å². The van der Waals surface area contributed by atoms with Crippen molar-refractivity contribution in [2.75, 3.05) is 38.7 Å². The standard InChI is InChI=1S/C20H25N3O4/c1-14-11-23(12-15(2)27-14)19(24)13-26-20(25)17(10-21)9-16-5-7-18(8-6-16)22(3)4/h5-9,14-15H,11-13H2,1-4H3/b17-9+/t14-,15+. The number of carbonyl (C=O) groups excluding carboxylic acids is 2. The van der Waals surface area contributed by atoms with Gasteiger partial charge in [-0.1, -0.05) is 12.1 Å². The molecule has 0 bridgehead atoms. The molecule has 1 aromatic rings. The summed E-state index contributed by atoms with van der Waals surface area (Å²) in [5.41, 5.74) is 1.56. The van der Waals surface area contributed by atoms with Gasteiger partial charge >= 0.3 is 5.97 Å². The number of hydrogen-bond donors (Lipinski definition) is 0. The molecule has 2 atom stereocenters. The molecule has 1 aliphatic rings. The lowest BCUT2D eigenvalue weighted by molar-refractivity contribution is -0.154. The molecule has 1 saturated heterocycles. The number of anilines is 1. The third-order valence-corrected chi connectivity index (χ3v) is 4.16. The lowest BCUT2D eigenvalue weighted by Crippen LogP contribution is -2.49. The summed E-state index contributed by atoms with van der Waals surface area (Å²) >= 11 is 0. The third kappa shape index (κ3) is 5.83. The third-order valence-electron chi connectivity index (χ3n) is 4.16. The Bertz CT molecular complexity index is 739. The molecule has 7 nitrogen and oxygen atoms in total. The maximum absolute atomic E-state index is 12.3. The second-order valence-corrected chi connectivity index (χ2v) is 6.79. The van der Waals surface area contributed by atoms with Crippen LogP contribution in [-0.2, 0) is 19.1 Å². The molecule has 27 heavy (non-hydrogen) atoms. The fraction of sp³-hybridized carbons (Fsp3) is 0.450. The average molecular weight is 371 g/mol. The van der Waals surface area contributed by atoms with E-state index in [1.54, 1.807) is 4.90 Å². The number of hydrogen-bond acceptors (Lipinski definition) is 6. The first kappa shape index (κ1) is 20.5. The summed E-state index contributed by atoms with van der Waals surface area (Å²) in [6.07, 6.45) is 1.33. The van der Waals surface area contributed by atoms with Gasteiger partial charge in [-0.15, -0.1) is 0 Å². The Morgan fingerprint density at radius 1 is 1.26 bits per heavy atom. The Balaban J connectivity index is 1.96. The lowest BCUT2D eigenvalue weighted by atomic mass is 10.1. The summed E-state index contributed by atoms with van der Waals surface area (Å²) in [5.74, 6) is -1.10. The van der Waals surface area contributed by atoms with E-state index in [4.69, 9.17) is 9.47 Å². The first-order chi connectivity index (χ1) is 12.8. The topological polar surface area (TPSA) is 82.9 Å². The van der Waals surface area contributed by atoms with E-state index >= 15 is 0 Å². The molecule has 1 amide bonds. The largest absolute Gasteiger partial charge is 0.451 e. The number of ether oxygens (including phenoxy) is 2. The van der Waals surface area contributed by atoms with Crippen LogP contribution in [0.5, 0.6) is 0 Å². The number of esters is 1. The van der Waals surface area contributed by atoms with Crippen molar-refractivity contribution in [2.24, 2.45) is 0 Å². The molecule has 1 fully saturated rings. The average Bonchev–Trinajstić information content (AvgIpc) is 2.63. The Kier molecular flexibility index (Phi) is 6.97. The van der Waals surface area contributed by atoms with Gasteiger partial charge in [0, 0.05) is 32.9 Å². The van der Waals surface area contributed by atoms with E-state index in [2.05, 4.69) is 0 Å². The Labute approximate surface area is 159 Å². The van der Waals surface area contributed by atoms with Crippen molar-refractivity contribution in [3.05, 3.63) is 35.4 Å². The summed E-state index contributed by atoms with van der Waals surface area (Å²) in [4.78, 5) is 28.0. The van der Waals surface area contributed by atoms with Gasteiger partial charge in [0.25, 0.3) is 5.91 Å². The lowest BCUT2D eigenvalue weighted by Gasteiger charge is -2.35. The van der Waals surface area contributed by atoms with Crippen molar-refractivity contribution < 1.29 is 19.1 Å². The highest BCUT2D eigenvalue weighted by Crippen LogP contribution is 2.15. The number of rotatable bonds is 5. The van der Waals surface area contributed by atoms with Gasteiger partial charge in [-0.25, -0.2) is 4.79 Å². The molecule has 7 heteroatoms. The highest BCUT2D eigenvalue weighted by Gasteiger charge is 2.26. The van der Waals surface area contributed by atoms with Crippen LogP contribution in [0.3, 0.4) is 0 Å². The first-order valence-corrected chi connectivity index (χ1v) is 8.79. The molecule has 0 aliphatic carbocycles. The molecule has 1 aliphatic heterocycles. The highest BCUT2D eigenvalue weighted by atomic mass is 16.5. The van der Waals surface area contributed by atoms with Gasteiger partial charge in [0.15, 0.2) is 6.61 Å². The number of morpholine rings is 1. The Morgan fingerprint density at radius 3 is 2.37 bits per heavy atom. The van der Waals surface area contributed by atoms with Crippen LogP contribution < -0.4 is 4.90 Å². The fourth-order valence-electron chi connectivity index (χ4n) is 2.85. The van der Waals surface area contributed by atoms with Crippen molar-refractivity contribution in [1.82, 2.24) is 4.90 Å². The monoisotopic (exact) mass is 371 g/mol. The quantitative estimate of drug-likeness (QED) is 0.446. The minimum atomic E-state index is -0.808. The molecule has 1 aromatic carbocycles. The van der Waals surface area contributed by atoms with Crippen molar-refractivity contribution in [3.8, 4) is 6.07 Å². The van der Waals surface area contributed by atoms with Crippen LogP contribution in [0.25, 0.3) is 6.08 Å². The van der Waals surface area contributed by atoms with Crippen LogP contribution in [0.1, 0.15) is 19.4 Å². The predicted molar refractivity (Wildman–Crippen MR) is 102 cm³/mol. The second kappa shape index (κ2) is 9.19. The second-order valence-electron chi connectivity index (χ2n) is 6.79. The van der Waals surface area contributed by atoms with E-state index in [-0.39, 0.29) is 23.7 Å². The molecule has 0 unspecified atom stereocenters. The van der Waals surface area contributed by atoms with Crippen molar-refractivity contribution in [3.63, 3.8) is 0 Å². The van der Waals surface area contributed by atoms with E-state index in [0.717, 1.165) is 5.69 Å². The summed E-state index contributed by atoms with van der Waals surface area (Å²) in [5, 5.41) is 9.24. The molecule has 0 aromatic heterocycles. The van der Waals surface area contributed by atoms with E-state index in [1.165, 1.54) is 6.08 Å². The van der Waals surface area contributed by atoms with Gasteiger partial charge < -0.3 is 19.3 Å². The van der Waals surface area contributed by atoms with Crippen molar-refractivity contribution in [2.45, 2.75) is 26.1 Å². The number of benzene rings is 1. The fourth-order valence-corrected chi connectivity index (χ4v) is 2.85. The Morgan fingerprint density at radius 2 is 1.85 bits per heavy atom. The first-order valence-electron chi connectivity index (χ1n) is 8.79. The van der Waals surface area contributed by atoms with E-state index < -0.39 is 12.6 Å². The molecule has 0 radical (unpaired) electrons. The van der Waals surface area contributed by atoms with Crippen LogP contribution in [0.4, 0.5) is 5.69 Å². The van der Waals surface area contributed by atoms with Crippen LogP contribution in [0, 0.1) is 11.3 Å². The van der Waals surface area contributed by atoms with E-state index in [9.17, 15) is 14.9 Å². The molecule has 1 heterocycles. The minimum absolute atomic E-state index is 0.0619. The van der Waals surface area contributed by atoms with Crippen LogP contribution in [0.15, 0.2) is 29.8 Å². The number of nitriles is 1. The number of amides is 1. The summed E-state index contributed by atoms with van der Waals surface area (Å²) in [7, 11) is 3.85. The zero-order chi connectivity index (χ0) is 20.0. The van der Waals surface area contributed by atoms with Crippen molar-refractivity contribution >= 4 is 23.6 Å². The molecular formula is C20H25N3O4. The van der Waals surface area contributed by atoms with Crippen molar-refractivity contribution in [1.29, 1.82) is 5.26 Å². The van der Waals surface area contributed by atoms with Gasteiger partial charge in [0.2, 0.25) is 0 Å². The molecular weight excluding hydrogens is 346 g/mol. The SMILES string of the molecule is C[C@@H]1CN(C(=O)COC(=O)/C(C#N)=C/c2ccc(N(C)C)cc2)C[C@H](C)O1. The molecule has 0 saturated carbocycles. The predicted octanol–water partition coefficient (Wildman–Crippen LogP) is 1.84. The zero-order valence-corrected chi connectivity index (χ0v) is 16.1. The smallest absolute Gasteiger partial charge is 0.349 e. The van der Waals surface area contributed by atoms with E-state index in [1.807, 2.05) is 63.2 Å². The number of nitrogens with zero attached hydrogens (tertiary/aromatic N) is 3. The Hall–Kier alpha value is -2.85.